The van der Waals surface area contributed by atoms with E-state index in [2.05, 4.69) is 0 Å². The number of amides is 1. The van der Waals surface area contributed by atoms with E-state index < -0.39 is 0 Å². The van der Waals surface area contributed by atoms with Crippen LogP contribution in [0.2, 0.25) is 0 Å². The number of carbonyl (C=O) groups excluding carboxylic acids is 1. The van der Waals surface area contributed by atoms with Crippen molar-refractivity contribution in [1.82, 2.24) is 4.90 Å². The molecular weight excluding hydrogens is 294 g/mol. The van der Waals surface area contributed by atoms with Gasteiger partial charge in [-0.15, -0.1) is 0 Å². The summed E-state index contributed by atoms with van der Waals surface area (Å²) in [6.45, 7) is 4.93. The molecule has 0 spiro atoms. The molecule has 2 heterocycles. The van der Waals surface area contributed by atoms with Gasteiger partial charge in [0.2, 0.25) is 0 Å². The van der Waals surface area contributed by atoms with E-state index in [1.54, 1.807) is 7.11 Å². The molecule has 3 rings (SSSR count). The zero-order valence-electron chi connectivity index (χ0n) is 13.9. The Hall–Kier alpha value is -1.59. The zero-order valence-corrected chi connectivity index (χ0v) is 13.9. The molecule has 0 radical (unpaired) electrons. The van der Waals surface area contributed by atoms with Gasteiger partial charge in [-0.25, -0.2) is 0 Å². The maximum Gasteiger partial charge on any atom is 0.260 e. The summed E-state index contributed by atoms with van der Waals surface area (Å²) in [7, 11) is 1.71. The Kier molecular flexibility index (Phi) is 4.87. The second-order valence-corrected chi connectivity index (χ2v) is 6.61. The van der Waals surface area contributed by atoms with Crippen molar-refractivity contribution in [1.29, 1.82) is 0 Å². The molecule has 5 heteroatoms. The van der Waals surface area contributed by atoms with Crippen molar-refractivity contribution in [3.8, 4) is 5.75 Å². The molecule has 2 aliphatic heterocycles. The summed E-state index contributed by atoms with van der Waals surface area (Å²) >= 11 is 0. The van der Waals surface area contributed by atoms with Gasteiger partial charge in [0.05, 0.1) is 12.7 Å². The highest BCUT2D eigenvalue weighted by Crippen LogP contribution is 2.41. The number of carbonyl (C=O) groups is 1. The summed E-state index contributed by atoms with van der Waals surface area (Å²) in [6, 6.07) is 7.75. The Labute approximate surface area is 137 Å². The highest BCUT2D eigenvalue weighted by atomic mass is 16.5. The van der Waals surface area contributed by atoms with Crippen molar-refractivity contribution >= 4 is 5.91 Å². The third-order valence-corrected chi connectivity index (χ3v) is 4.94. The summed E-state index contributed by atoms with van der Waals surface area (Å²) in [5.74, 6) is 0.765. The zero-order chi connectivity index (χ0) is 16.3. The van der Waals surface area contributed by atoms with E-state index in [9.17, 15) is 4.79 Å². The SMILES string of the molecule is COC[C@@]12CCO[C@H]1CCN(C(=O)COc1ccc(C)cc1)C2. The van der Waals surface area contributed by atoms with Crippen molar-refractivity contribution in [3.63, 3.8) is 0 Å². The molecule has 0 bridgehead atoms. The number of rotatable bonds is 5. The van der Waals surface area contributed by atoms with Gasteiger partial charge < -0.3 is 19.1 Å². The predicted molar refractivity (Wildman–Crippen MR) is 86.5 cm³/mol. The second kappa shape index (κ2) is 6.89. The normalized spacial score (nSPS) is 26.9. The fourth-order valence-electron chi connectivity index (χ4n) is 3.63. The van der Waals surface area contributed by atoms with E-state index in [0.29, 0.717) is 13.2 Å². The molecule has 2 fully saturated rings. The standard InChI is InChI=1S/C18H25NO4/c1-14-3-5-15(6-4-14)23-11-17(20)19-9-7-16-18(12-19,13-21-2)8-10-22-16/h3-6,16H,7-13H2,1-2H3/t16-,18-/m0/s1. The van der Waals surface area contributed by atoms with Crippen LogP contribution in [0.25, 0.3) is 0 Å². The monoisotopic (exact) mass is 319 g/mol. The average Bonchev–Trinajstić information content (AvgIpc) is 2.97. The van der Waals surface area contributed by atoms with E-state index in [-0.39, 0.29) is 24.0 Å². The molecule has 0 saturated carbocycles. The number of ether oxygens (including phenoxy) is 3. The van der Waals surface area contributed by atoms with Gasteiger partial charge in [-0.2, -0.15) is 0 Å². The molecule has 1 amide bonds. The van der Waals surface area contributed by atoms with E-state index in [0.717, 1.165) is 31.7 Å². The molecule has 23 heavy (non-hydrogen) atoms. The third-order valence-electron chi connectivity index (χ3n) is 4.94. The molecule has 1 aromatic rings. The van der Waals surface area contributed by atoms with Crippen molar-refractivity contribution in [3.05, 3.63) is 29.8 Å². The summed E-state index contributed by atoms with van der Waals surface area (Å²) in [6.07, 6.45) is 2.04. The Morgan fingerprint density at radius 3 is 2.91 bits per heavy atom. The summed E-state index contributed by atoms with van der Waals surface area (Å²) < 4.78 is 16.9. The average molecular weight is 319 g/mol. The summed E-state index contributed by atoms with van der Waals surface area (Å²) in [4.78, 5) is 14.4. The van der Waals surface area contributed by atoms with Crippen LogP contribution in [0.3, 0.4) is 0 Å². The number of fused-ring (bicyclic) bond motifs is 1. The maximum absolute atomic E-state index is 12.5. The maximum atomic E-state index is 12.5. The Morgan fingerprint density at radius 1 is 1.39 bits per heavy atom. The van der Waals surface area contributed by atoms with Crippen molar-refractivity contribution in [2.45, 2.75) is 25.9 Å². The van der Waals surface area contributed by atoms with Crippen molar-refractivity contribution < 1.29 is 19.0 Å². The number of piperidine rings is 1. The molecule has 0 N–H and O–H groups in total. The lowest BCUT2D eigenvalue weighted by molar-refractivity contribution is -0.141. The van der Waals surface area contributed by atoms with Crippen LogP contribution in [-0.2, 0) is 14.3 Å². The van der Waals surface area contributed by atoms with E-state index in [1.165, 1.54) is 5.56 Å². The fraction of sp³-hybridized carbons (Fsp3) is 0.611. The lowest BCUT2D eigenvalue weighted by Crippen LogP contribution is -2.54. The van der Waals surface area contributed by atoms with Gasteiger partial charge in [-0.05, 0) is 31.9 Å². The fourth-order valence-corrected chi connectivity index (χ4v) is 3.63. The molecule has 2 aliphatic rings. The minimum absolute atomic E-state index is 0.0337. The molecule has 2 atom stereocenters. The minimum atomic E-state index is -0.0491. The highest BCUT2D eigenvalue weighted by molar-refractivity contribution is 5.78. The third kappa shape index (κ3) is 3.51. The first-order valence-corrected chi connectivity index (χ1v) is 8.21. The Balaban J connectivity index is 1.58. The van der Waals surface area contributed by atoms with Gasteiger partial charge in [-0.1, -0.05) is 17.7 Å². The molecule has 0 aliphatic carbocycles. The van der Waals surface area contributed by atoms with Crippen LogP contribution in [0, 0.1) is 12.3 Å². The molecule has 126 valence electrons. The van der Waals surface area contributed by atoms with E-state index in [4.69, 9.17) is 14.2 Å². The van der Waals surface area contributed by atoms with Crippen LogP contribution in [0.5, 0.6) is 5.75 Å². The number of likely N-dealkylation sites (tertiary alicyclic amines) is 1. The first-order valence-electron chi connectivity index (χ1n) is 8.21. The van der Waals surface area contributed by atoms with Gasteiger partial charge >= 0.3 is 0 Å². The molecule has 2 saturated heterocycles. The molecular formula is C18H25NO4. The van der Waals surface area contributed by atoms with Crippen LogP contribution in [0.15, 0.2) is 24.3 Å². The number of nitrogens with zero attached hydrogens (tertiary/aromatic N) is 1. The quantitative estimate of drug-likeness (QED) is 0.833. The summed E-state index contributed by atoms with van der Waals surface area (Å²) in [5.41, 5.74) is 1.13. The molecule has 5 nitrogen and oxygen atoms in total. The molecule has 0 unspecified atom stereocenters. The minimum Gasteiger partial charge on any atom is -0.484 e. The van der Waals surface area contributed by atoms with Crippen LogP contribution in [0.4, 0.5) is 0 Å². The van der Waals surface area contributed by atoms with Crippen LogP contribution >= 0.6 is 0 Å². The number of benzene rings is 1. The van der Waals surface area contributed by atoms with Crippen molar-refractivity contribution in [2.75, 3.05) is 40.0 Å². The highest BCUT2D eigenvalue weighted by Gasteiger charge is 2.48. The van der Waals surface area contributed by atoms with Gasteiger partial charge in [-0.3, -0.25) is 4.79 Å². The lowest BCUT2D eigenvalue weighted by atomic mass is 9.77. The number of methoxy groups -OCH3 is 1. The van der Waals surface area contributed by atoms with Gasteiger partial charge in [0.15, 0.2) is 6.61 Å². The molecule has 1 aromatic carbocycles. The first-order chi connectivity index (χ1) is 11.1. The van der Waals surface area contributed by atoms with Gasteiger partial charge in [0, 0.05) is 32.2 Å². The van der Waals surface area contributed by atoms with Gasteiger partial charge in [0.25, 0.3) is 5.91 Å². The Bertz CT molecular complexity index is 544. The van der Waals surface area contributed by atoms with Crippen LogP contribution < -0.4 is 4.74 Å². The van der Waals surface area contributed by atoms with Crippen LogP contribution in [0.1, 0.15) is 18.4 Å². The first kappa shape index (κ1) is 16.3. The van der Waals surface area contributed by atoms with Gasteiger partial charge in [0.1, 0.15) is 5.75 Å². The van der Waals surface area contributed by atoms with Crippen molar-refractivity contribution in [2.24, 2.45) is 5.41 Å². The lowest BCUT2D eigenvalue weighted by Gasteiger charge is -2.43. The molecule has 0 aromatic heterocycles. The Morgan fingerprint density at radius 2 is 2.17 bits per heavy atom. The smallest absolute Gasteiger partial charge is 0.260 e. The predicted octanol–water partition coefficient (Wildman–Crippen LogP) is 2.03. The van der Waals surface area contributed by atoms with E-state index >= 15 is 0 Å². The van der Waals surface area contributed by atoms with Crippen LogP contribution in [-0.4, -0.2) is 56.9 Å². The number of aryl methyl sites for hydroxylation is 1. The van der Waals surface area contributed by atoms with E-state index in [1.807, 2.05) is 36.1 Å². The topological polar surface area (TPSA) is 48.0 Å². The number of hydrogen-bond acceptors (Lipinski definition) is 4. The number of hydrogen-bond donors (Lipinski definition) is 0. The largest absolute Gasteiger partial charge is 0.484 e. The second-order valence-electron chi connectivity index (χ2n) is 6.61. The summed E-state index contributed by atoms with van der Waals surface area (Å²) in [5, 5.41) is 0.